The molecule has 0 saturated carbocycles. The summed E-state index contributed by atoms with van der Waals surface area (Å²) in [6.45, 7) is 1.45. The number of hydrogen-bond donors (Lipinski definition) is 1. The van der Waals surface area contributed by atoms with E-state index in [4.69, 9.17) is 9.47 Å². The molecular formula is C34H35BrFN3O6S. The van der Waals surface area contributed by atoms with Crippen molar-refractivity contribution in [3.8, 4) is 11.5 Å². The van der Waals surface area contributed by atoms with Gasteiger partial charge in [0, 0.05) is 30.0 Å². The van der Waals surface area contributed by atoms with E-state index in [-0.39, 0.29) is 35.2 Å². The number of ether oxygens (including phenoxy) is 2. The molecule has 0 bridgehead atoms. The third kappa shape index (κ3) is 8.43. The zero-order valence-corrected chi connectivity index (χ0v) is 28.1. The molecule has 0 fully saturated rings. The molecule has 0 radical (unpaired) electrons. The van der Waals surface area contributed by atoms with Gasteiger partial charge in [0.15, 0.2) is 11.5 Å². The first-order valence-corrected chi connectivity index (χ1v) is 16.7. The molecule has 4 rings (SSSR count). The first kappa shape index (κ1) is 34.5. The Labute approximate surface area is 277 Å². The van der Waals surface area contributed by atoms with Crippen molar-refractivity contribution in [1.29, 1.82) is 0 Å². The lowest BCUT2D eigenvalue weighted by molar-refractivity contribution is -0.140. The summed E-state index contributed by atoms with van der Waals surface area (Å²) < 4.78 is 54.7. The molecule has 4 aromatic carbocycles. The SMILES string of the molecule is CCNC(=O)C(Cc1ccccc1)N(Cc1cccc(Br)c1)C(=O)CN(c1ccc(F)cc1)S(=O)(=O)c1ccc(OC)c(OC)c1. The highest BCUT2D eigenvalue weighted by Gasteiger charge is 2.35. The highest BCUT2D eigenvalue weighted by molar-refractivity contribution is 9.10. The van der Waals surface area contributed by atoms with Gasteiger partial charge in [-0.15, -0.1) is 0 Å². The maximum Gasteiger partial charge on any atom is 0.264 e. The lowest BCUT2D eigenvalue weighted by Crippen LogP contribution is -2.53. The Hall–Kier alpha value is -4.42. The van der Waals surface area contributed by atoms with E-state index < -0.39 is 34.3 Å². The van der Waals surface area contributed by atoms with Gasteiger partial charge in [0.05, 0.1) is 24.8 Å². The Morgan fingerprint density at radius 3 is 2.17 bits per heavy atom. The minimum absolute atomic E-state index is 0.0145. The number of nitrogens with zero attached hydrogens (tertiary/aromatic N) is 2. The summed E-state index contributed by atoms with van der Waals surface area (Å²) in [7, 11) is -1.62. The summed E-state index contributed by atoms with van der Waals surface area (Å²) in [6.07, 6.45) is 0.186. The van der Waals surface area contributed by atoms with Crippen LogP contribution < -0.4 is 19.1 Å². The number of carbonyl (C=O) groups is 2. The van der Waals surface area contributed by atoms with Gasteiger partial charge in [0.1, 0.15) is 18.4 Å². The van der Waals surface area contributed by atoms with Gasteiger partial charge < -0.3 is 19.7 Å². The number of anilines is 1. The summed E-state index contributed by atoms with van der Waals surface area (Å²) in [4.78, 5) is 29.2. The second kappa shape index (κ2) is 15.7. The predicted molar refractivity (Wildman–Crippen MR) is 178 cm³/mol. The Morgan fingerprint density at radius 1 is 0.870 bits per heavy atom. The first-order chi connectivity index (χ1) is 22.1. The van der Waals surface area contributed by atoms with E-state index in [0.29, 0.717) is 12.3 Å². The zero-order valence-electron chi connectivity index (χ0n) is 25.7. The lowest BCUT2D eigenvalue weighted by Gasteiger charge is -2.34. The quantitative estimate of drug-likeness (QED) is 0.183. The Morgan fingerprint density at radius 2 is 1.54 bits per heavy atom. The molecule has 0 aromatic heterocycles. The minimum Gasteiger partial charge on any atom is -0.493 e. The predicted octanol–water partition coefficient (Wildman–Crippen LogP) is 5.58. The van der Waals surface area contributed by atoms with Crippen LogP contribution >= 0.6 is 15.9 Å². The number of sulfonamides is 1. The highest BCUT2D eigenvalue weighted by Crippen LogP contribution is 2.32. The van der Waals surface area contributed by atoms with Crippen molar-refractivity contribution in [2.75, 3.05) is 31.6 Å². The van der Waals surface area contributed by atoms with Gasteiger partial charge in [-0.25, -0.2) is 12.8 Å². The molecule has 0 heterocycles. The van der Waals surface area contributed by atoms with Crippen molar-refractivity contribution >= 4 is 43.5 Å². The van der Waals surface area contributed by atoms with Crippen LogP contribution in [0.2, 0.25) is 0 Å². The van der Waals surface area contributed by atoms with Crippen LogP contribution in [-0.2, 0) is 32.6 Å². The van der Waals surface area contributed by atoms with Gasteiger partial charge in [0.2, 0.25) is 11.8 Å². The van der Waals surface area contributed by atoms with Crippen LogP contribution in [0.25, 0.3) is 0 Å². The number of rotatable bonds is 14. The fourth-order valence-corrected chi connectivity index (χ4v) is 6.80. The number of halogens is 2. The van der Waals surface area contributed by atoms with Crippen molar-refractivity contribution < 1.29 is 31.9 Å². The summed E-state index contributed by atoms with van der Waals surface area (Å²) in [5.41, 5.74) is 1.60. The van der Waals surface area contributed by atoms with Crippen molar-refractivity contribution in [3.05, 3.63) is 118 Å². The molecule has 242 valence electrons. The van der Waals surface area contributed by atoms with Gasteiger partial charge in [0.25, 0.3) is 10.0 Å². The summed E-state index contributed by atoms with van der Waals surface area (Å²) in [5.74, 6) is -1.11. The number of amides is 2. The molecule has 46 heavy (non-hydrogen) atoms. The molecule has 9 nitrogen and oxygen atoms in total. The monoisotopic (exact) mass is 711 g/mol. The second-order valence-corrected chi connectivity index (χ2v) is 13.0. The molecule has 0 aliphatic carbocycles. The molecule has 0 aliphatic heterocycles. The lowest BCUT2D eigenvalue weighted by atomic mass is 10.0. The van der Waals surface area contributed by atoms with Crippen LogP contribution in [0.3, 0.4) is 0 Å². The Kier molecular flexibility index (Phi) is 11.8. The van der Waals surface area contributed by atoms with Crippen LogP contribution in [0.4, 0.5) is 10.1 Å². The van der Waals surface area contributed by atoms with Crippen molar-refractivity contribution in [2.24, 2.45) is 0 Å². The average Bonchev–Trinajstić information content (AvgIpc) is 3.05. The number of hydrogen-bond acceptors (Lipinski definition) is 6. The van der Waals surface area contributed by atoms with Crippen LogP contribution in [0.1, 0.15) is 18.1 Å². The summed E-state index contributed by atoms with van der Waals surface area (Å²) in [6, 6.07) is 24.5. The third-order valence-corrected chi connectivity index (χ3v) is 9.46. The highest BCUT2D eigenvalue weighted by atomic mass is 79.9. The van der Waals surface area contributed by atoms with Gasteiger partial charge in [-0.2, -0.15) is 0 Å². The van der Waals surface area contributed by atoms with Gasteiger partial charge in [-0.3, -0.25) is 13.9 Å². The van der Waals surface area contributed by atoms with E-state index in [2.05, 4.69) is 21.2 Å². The van der Waals surface area contributed by atoms with E-state index in [1.807, 2.05) is 54.6 Å². The molecule has 1 N–H and O–H groups in total. The molecular weight excluding hydrogens is 677 g/mol. The van der Waals surface area contributed by atoms with Crippen molar-refractivity contribution in [1.82, 2.24) is 10.2 Å². The molecule has 12 heteroatoms. The standard InChI is InChI=1S/C34H35BrFN3O6S/c1-4-37-34(41)30(20-24-9-6-5-7-10-24)38(22-25-11-8-12-26(35)19-25)33(40)23-39(28-15-13-27(36)14-16-28)46(42,43)29-17-18-31(44-2)32(21-29)45-3/h5-19,21,30H,4,20,22-23H2,1-3H3,(H,37,41). The van der Waals surface area contributed by atoms with E-state index in [1.165, 1.54) is 49.5 Å². The molecule has 0 spiro atoms. The topological polar surface area (TPSA) is 105 Å². The average molecular weight is 713 g/mol. The number of likely N-dealkylation sites (N-methyl/N-ethyl adjacent to an activating group) is 1. The number of benzene rings is 4. The Balaban J connectivity index is 1.82. The van der Waals surface area contributed by atoms with E-state index in [0.717, 1.165) is 32.0 Å². The van der Waals surface area contributed by atoms with E-state index >= 15 is 0 Å². The molecule has 4 aromatic rings. The third-order valence-electron chi connectivity index (χ3n) is 7.20. The largest absolute Gasteiger partial charge is 0.493 e. The zero-order chi connectivity index (χ0) is 33.3. The molecule has 2 amide bonds. The fourth-order valence-electron chi connectivity index (χ4n) is 4.92. The first-order valence-electron chi connectivity index (χ1n) is 14.4. The molecule has 1 unspecified atom stereocenters. The van der Waals surface area contributed by atoms with Crippen LogP contribution in [0.5, 0.6) is 11.5 Å². The van der Waals surface area contributed by atoms with Gasteiger partial charge in [-0.05, 0) is 66.6 Å². The van der Waals surface area contributed by atoms with Crippen LogP contribution in [0.15, 0.2) is 106 Å². The van der Waals surface area contributed by atoms with Gasteiger partial charge in [-0.1, -0.05) is 58.4 Å². The molecule has 0 saturated heterocycles. The van der Waals surface area contributed by atoms with Gasteiger partial charge >= 0.3 is 0 Å². The maximum absolute atomic E-state index is 14.4. The Bertz CT molecular complexity index is 1760. The van der Waals surface area contributed by atoms with Crippen LogP contribution in [-0.4, -0.2) is 58.5 Å². The number of carbonyl (C=O) groups excluding carboxylic acids is 2. The van der Waals surface area contributed by atoms with E-state index in [9.17, 15) is 22.4 Å². The second-order valence-electron chi connectivity index (χ2n) is 10.3. The number of nitrogens with one attached hydrogen (secondary N) is 1. The maximum atomic E-state index is 14.4. The fraction of sp³-hybridized carbons (Fsp3) is 0.235. The van der Waals surface area contributed by atoms with E-state index in [1.54, 1.807) is 6.92 Å². The smallest absolute Gasteiger partial charge is 0.264 e. The van der Waals surface area contributed by atoms with Crippen LogP contribution in [0, 0.1) is 5.82 Å². The summed E-state index contributed by atoms with van der Waals surface area (Å²) in [5, 5.41) is 2.83. The molecule has 0 aliphatic rings. The number of methoxy groups -OCH3 is 2. The summed E-state index contributed by atoms with van der Waals surface area (Å²) >= 11 is 3.46. The minimum atomic E-state index is -4.43. The molecule has 1 atom stereocenters. The van der Waals surface area contributed by atoms with Crippen molar-refractivity contribution in [3.63, 3.8) is 0 Å². The van der Waals surface area contributed by atoms with Crippen molar-refractivity contribution in [2.45, 2.75) is 30.8 Å². The normalized spacial score (nSPS) is 11.8.